The third-order valence-corrected chi connectivity index (χ3v) is 3.60. The molecule has 0 saturated heterocycles. The van der Waals surface area contributed by atoms with E-state index in [-0.39, 0.29) is 12.6 Å². The molecule has 2 aromatic carbocycles. The summed E-state index contributed by atoms with van der Waals surface area (Å²) in [6, 6.07) is 10.5. The number of carbonyl (C=O) groups excluding carboxylic acids is 1. The summed E-state index contributed by atoms with van der Waals surface area (Å²) in [6.45, 7) is 1.58. The minimum Gasteiger partial charge on any atom is -0.495 e. The summed E-state index contributed by atoms with van der Waals surface area (Å²) in [5, 5.41) is 16.2. The normalized spacial score (nSPS) is 12.3. The number of anilines is 1. The third-order valence-electron chi connectivity index (χ3n) is 3.60. The van der Waals surface area contributed by atoms with Crippen molar-refractivity contribution in [1.29, 1.82) is 0 Å². The number of rotatable bonds is 4. The molecule has 0 bridgehead atoms. The van der Waals surface area contributed by atoms with E-state index in [0.29, 0.717) is 17.0 Å². The van der Waals surface area contributed by atoms with Crippen LogP contribution in [0.2, 0.25) is 0 Å². The quantitative estimate of drug-likeness (QED) is 0.691. The van der Waals surface area contributed by atoms with Gasteiger partial charge < -0.3 is 24.9 Å². The highest BCUT2D eigenvalue weighted by Crippen LogP contribution is 2.36. The fourth-order valence-corrected chi connectivity index (χ4v) is 2.45. The van der Waals surface area contributed by atoms with Gasteiger partial charge in [-0.25, -0.2) is 4.79 Å². The van der Waals surface area contributed by atoms with Crippen molar-refractivity contribution in [1.82, 2.24) is 5.32 Å². The molecule has 0 spiro atoms. The van der Waals surface area contributed by atoms with Gasteiger partial charge in [0.1, 0.15) is 16.9 Å². The van der Waals surface area contributed by atoms with Crippen LogP contribution in [0.1, 0.15) is 6.92 Å². The number of fused-ring (bicyclic) bond motifs is 3. The number of aliphatic hydroxyl groups excluding tert-OH is 1. The lowest BCUT2D eigenvalue weighted by Crippen LogP contribution is -2.38. The maximum Gasteiger partial charge on any atom is 0.319 e. The van der Waals surface area contributed by atoms with E-state index in [1.54, 1.807) is 20.1 Å². The van der Waals surface area contributed by atoms with Gasteiger partial charge in [0.15, 0.2) is 0 Å². The molecular formula is C17H18N2O4. The first-order chi connectivity index (χ1) is 11.1. The summed E-state index contributed by atoms with van der Waals surface area (Å²) in [4.78, 5) is 11.9. The summed E-state index contributed by atoms with van der Waals surface area (Å²) in [5.74, 6) is 0.538. The van der Waals surface area contributed by atoms with Crippen LogP contribution in [0, 0.1) is 0 Å². The van der Waals surface area contributed by atoms with E-state index in [0.717, 1.165) is 16.4 Å². The Balaban J connectivity index is 1.99. The highest BCUT2D eigenvalue weighted by atomic mass is 16.5. The zero-order valence-electron chi connectivity index (χ0n) is 12.9. The number of amides is 2. The number of carbonyl (C=O) groups is 1. The molecular weight excluding hydrogens is 296 g/mol. The largest absolute Gasteiger partial charge is 0.495 e. The van der Waals surface area contributed by atoms with Crippen molar-refractivity contribution < 1.29 is 19.1 Å². The molecule has 0 saturated carbocycles. The standard InChI is InChI=1S/C17H18N2O4/c1-10(9-20)18-17(21)19-13-8-15-12(7-16(13)22-2)11-5-3-4-6-14(11)23-15/h3-8,10,20H,9H2,1-2H3,(H2,18,19,21). The van der Waals surface area contributed by atoms with E-state index in [1.165, 1.54) is 0 Å². The minimum absolute atomic E-state index is 0.132. The first-order valence-corrected chi connectivity index (χ1v) is 7.30. The number of hydrogen-bond donors (Lipinski definition) is 3. The number of nitrogens with one attached hydrogen (secondary N) is 2. The average Bonchev–Trinajstić information content (AvgIpc) is 2.91. The molecule has 3 aromatic rings. The van der Waals surface area contributed by atoms with Crippen molar-refractivity contribution in [2.75, 3.05) is 19.0 Å². The first-order valence-electron chi connectivity index (χ1n) is 7.30. The van der Waals surface area contributed by atoms with E-state index in [2.05, 4.69) is 10.6 Å². The van der Waals surface area contributed by atoms with Gasteiger partial charge in [0, 0.05) is 16.8 Å². The second-order valence-electron chi connectivity index (χ2n) is 5.33. The van der Waals surface area contributed by atoms with Gasteiger partial charge in [-0.2, -0.15) is 0 Å². The van der Waals surface area contributed by atoms with Crippen molar-refractivity contribution in [3.05, 3.63) is 36.4 Å². The summed E-state index contributed by atoms with van der Waals surface area (Å²) < 4.78 is 11.2. The van der Waals surface area contributed by atoms with Crippen LogP contribution in [0.25, 0.3) is 21.9 Å². The Hall–Kier alpha value is -2.73. The minimum atomic E-state index is -0.416. The van der Waals surface area contributed by atoms with Crippen LogP contribution >= 0.6 is 0 Å². The molecule has 0 aliphatic heterocycles. The Morgan fingerprint density at radius 2 is 2.04 bits per heavy atom. The molecule has 0 aliphatic rings. The predicted octanol–water partition coefficient (Wildman–Crippen LogP) is 3.10. The second-order valence-corrected chi connectivity index (χ2v) is 5.33. The van der Waals surface area contributed by atoms with Gasteiger partial charge in [0.25, 0.3) is 0 Å². The fourth-order valence-electron chi connectivity index (χ4n) is 2.45. The summed E-state index contributed by atoms with van der Waals surface area (Å²) in [5.41, 5.74) is 1.94. The molecule has 0 fully saturated rings. The van der Waals surface area contributed by atoms with Gasteiger partial charge in [-0.15, -0.1) is 0 Å². The molecule has 1 heterocycles. The van der Waals surface area contributed by atoms with Gasteiger partial charge in [0.05, 0.1) is 25.4 Å². The maximum absolute atomic E-state index is 11.9. The molecule has 3 N–H and O–H groups in total. The Labute approximate surface area is 133 Å². The molecule has 6 nitrogen and oxygen atoms in total. The van der Waals surface area contributed by atoms with Gasteiger partial charge >= 0.3 is 6.03 Å². The van der Waals surface area contributed by atoms with Crippen LogP contribution in [0.15, 0.2) is 40.8 Å². The topological polar surface area (TPSA) is 83.7 Å². The van der Waals surface area contributed by atoms with Crippen molar-refractivity contribution >= 4 is 33.7 Å². The zero-order chi connectivity index (χ0) is 16.4. The lowest BCUT2D eigenvalue weighted by molar-refractivity contribution is 0.229. The number of ether oxygens (including phenoxy) is 1. The highest BCUT2D eigenvalue weighted by Gasteiger charge is 2.14. The van der Waals surface area contributed by atoms with Crippen LogP contribution in [0.3, 0.4) is 0 Å². The summed E-state index contributed by atoms with van der Waals surface area (Å²) in [7, 11) is 1.54. The molecule has 1 atom stereocenters. The molecule has 1 aromatic heterocycles. The van der Waals surface area contributed by atoms with Crippen LogP contribution in [-0.2, 0) is 0 Å². The number of benzene rings is 2. The molecule has 1 unspecified atom stereocenters. The highest BCUT2D eigenvalue weighted by molar-refractivity contribution is 6.07. The van der Waals surface area contributed by atoms with Crippen LogP contribution in [0.4, 0.5) is 10.5 Å². The molecule has 120 valence electrons. The predicted molar refractivity (Wildman–Crippen MR) is 89.0 cm³/mol. The lowest BCUT2D eigenvalue weighted by atomic mass is 10.1. The zero-order valence-corrected chi connectivity index (χ0v) is 12.9. The summed E-state index contributed by atoms with van der Waals surface area (Å²) in [6.07, 6.45) is 0. The van der Waals surface area contributed by atoms with Gasteiger partial charge in [-0.1, -0.05) is 18.2 Å². The third kappa shape index (κ3) is 2.93. The Bertz CT molecular complexity index is 856. The van der Waals surface area contributed by atoms with Crippen LogP contribution in [0.5, 0.6) is 5.75 Å². The Morgan fingerprint density at radius 3 is 2.78 bits per heavy atom. The number of para-hydroxylation sites is 1. The molecule has 23 heavy (non-hydrogen) atoms. The molecule has 0 aliphatic carbocycles. The maximum atomic E-state index is 11.9. The van der Waals surface area contributed by atoms with Gasteiger partial charge in [-0.05, 0) is 19.1 Å². The first kappa shape index (κ1) is 15.2. The number of aliphatic hydroxyl groups is 1. The number of furan rings is 1. The second kappa shape index (κ2) is 6.18. The van der Waals surface area contributed by atoms with E-state index in [1.807, 2.05) is 30.3 Å². The number of hydrogen-bond acceptors (Lipinski definition) is 4. The van der Waals surface area contributed by atoms with Crippen LogP contribution in [-0.4, -0.2) is 30.9 Å². The van der Waals surface area contributed by atoms with Crippen molar-refractivity contribution in [2.24, 2.45) is 0 Å². The lowest BCUT2D eigenvalue weighted by Gasteiger charge is -2.14. The average molecular weight is 314 g/mol. The number of methoxy groups -OCH3 is 1. The van der Waals surface area contributed by atoms with Crippen molar-refractivity contribution in [3.63, 3.8) is 0 Å². The SMILES string of the molecule is COc1cc2c(cc1NC(=O)NC(C)CO)oc1ccccc12. The van der Waals surface area contributed by atoms with Crippen molar-refractivity contribution in [2.45, 2.75) is 13.0 Å². The van der Waals surface area contributed by atoms with E-state index < -0.39 is 6.03 Å². The monoisotopic (exact) mass is 314 g/mol. The van der Waals surface area contributed by atoms with Crippen molar-refractivity contribution in [3.8, 4) is 5.75 Å². The Morgan fingerprint density at radius 1 is 1.26 bits per heavy atom. The summed E-state index contributed by atoms with van der Waals surface area (Å²) >= 11 is 0. The van der Waals surface area contributed by atoms with Crippen LogP contribution < -0.4 is 15.4 Å². The Kier molecular flexibility index (Phi) is 4.08. The van der Waals surface area contributed by atoms with Gasteiger partial charge in [0.2, 0.25) is 0 Å². The van der Waals surface area contributed by atoms with E-state index in [4.69, 9.17) is 14.3 Å². The molecule has 3 rings (SSSR count). The number of urea groups is 1. The van der Waals surface area contributed by atoms with E-state index >= 15 is 0 Å². The molecule has 2 amide bonds. The molecule has 0 radical (unpaired) electrons. The molecule has 6 heteroatoms. The van der Waals surface area contributed by atoms with E-state index in [9.17, 15) is 4.79 Å². The fraction of sp³-hybridized carbons (Fsp3) is 0.235. The smallest absolute Gasteiger partial charge is 0.319 e. The van der Waals surface area contributed by atoms with Gasteiger partial charge in [-0.3, -0.25) is 0 Å².